The minimum absolute atomic E-state index is 0.0813. The van der Waals surface area contributed by atoms with Crippen molar-refractivity contribution in [2.75, 3.05) is 5.23 Å². The number of nitrogens with zero attached hydrogens (tertiary/aromatic N) is 1. The minimum Gasteiger partial charge on any atom is -0.733 e. The Kier molecular flexibility index (Phi) is 2.73. The molecule has 1 N–H and O–H groups in total. The van der Waals surface area contributed by atoms with E-state index < -0.39 is 0 Å². The van der Waals surface area contributed by atoms with Crippen LogP contribution in [-0.2, 0) is 0 Å². The number of aryl methyl sites for hydroxylation is 1. The molecule has 1 aromatic heterocycles. The monoisotopic (exact) mass is 220 g/mol. The van der Waals surface area contributed by atoms with E-state index in [2.05, 4.69) is 0 Å². The lowest BCUT2D eigenvalue weighted by atomic mass is 10.1. The van der Waals surface area contributed by atoms with E-state index >= 15 is 0 Å². The summed E-state index contributed by atoms with van der Waals surface area (Å²) in [4.78, 5) is 0.972. The zero-order valence-corrected chi connectivity index (χ0v) is 8.99. The molecule has 0 unspecified atom stereocenters. The second-order valence-electron chi connectivity index (χ2n) is 3.27. The topological polar surface area (TPSA) is 46.5 Å². The highest BCUT2D eigenvalue weighted by atomic mass is 32.1. The fraction of sp³-hybridized carbons (Fsp3) is 0.0909. The summed E-state index contributed by atoms with van der Waals surface area (Å²) < 4.78 is 0. The Morgan fingerprint density at radius 2 is 2.13 bits per heavy atom. The van der Waals surface area contributed by atoms with E-state index in [0.717, 1.165) is 16.0 Å². The SMILES string of the molecule is Cc1ccc(-c2cccs2)c(N([O-])O)c1. The van der Waals surface area contributed by atoms with E-state index in [-0.39, 0.29) is 10.9 Å². The van der Waals surface area contributed by atoms with Gasteiger partial charge < -0.3 is 10.4 Å². The third kappa shape index (κ3) is 2.02. The Hall–Kier alpha value is -1.36. The summed E-state index contributed by atoms with van der Waals surface area (Å²) in [6.45, 7) is 1.88. The van der Waals surface area contributed by atoms with Crippen molar-refractivity contribution in [2.24, 2.45) is 0 Å². The molecule has 4 heteroatoms. The molecule has 0 radical (unpaired) electrons. The van der Waals surface area contributed by atoms with Crippen LogP contribution in [0.3, 0.4) is 0 Å². The first-order chi connectivity index (χ1) is 7.18. The largest absolute Gasteiger partial charge is 0.733 e. The van der Waals surface area contributed by atoms with Gasteiger partial charge in [0.05, 0.1) is 5.69 Å². The average molecular weight is 220 g/mol. The standard InChI is InChI=1S/C11H10NO2S/c1-8-4-5-9(10(7-8)12(13)14)11-3-2-6-15-11/h2-7,13H,1H3/q-1. The van der Waals surface area contributed by atoms with Gasteiger partial charge in [0.1, 0.15) is 0 Å². The molecule has 0 saturated heterocycles. The van der Waals surface area contributed by atoms with Crippen LogP contribution in [0.15, 0.2) is 35.7 Å². The molecule has 0 aliphatic rings. The van der Waals surface area contributed by atoms with Crippen molar-refractivity contribution in [1.29, 1.82) is 0 Å². The molecular formula is C11H10NO2S-. The summed E-state index contributed by atoms with van der Waals surface area (Å²) in [5.74, 6) is 0. The molecular weight excluding hydrogens is 210 g/mol. The van der Waals surface area contributed by atoms with E-state index in [0.29, 0.717) is 0 Å². The predicted molar refractivity (Wildman–Crippen MR) is 62.1 cm³/mol. The summed E-state index contributed by atoms with van der Waals surface area (Å²) in [6, 6.07) is 9.26. The van der Waals surface area contributed by atoms with Crippen molar-refractivity contribution in [3.05, 3.63) is 46.5 Å². The molecule has 0 saturated carbocycles. The molecule has 78 valence electrons. The van der Waals surface area contributed by atoms with Crippen LogP contribution in [-0.4, -0.2) is 5.21 Å². The van der Waals surface area contributed by atoms with Gasteiger partial charge in [-0.1, -0.05) is 18.2 Å². The molecule has 0 bridgehead atoms. The van der Waals surface area contributed by atoms with E-state index in [9.17, 15) is 5.21 Å². The molecule has 1 heterocycles. The Morgan fingerprint density at radius 3 is 2.73 bits per heavy atom. The maximum Gasteiger partial charge on any atom is 0.0597 e. The van der Waals surface area contributed by atoms with Crippen molar-refractivity contribution in [1.82, 2.24) is 0 Å². The molecule has 0 amide bonds. The Balaban J connectivity index is 2.56. The van der Waals surface area contributed by atoms with Gasteiger partial charge in [0.15, 0.2) is 0 Å². The van der Waals surface area contributed by atoms with Gasteiger partial charge in [-0.3, -0.25) is 5.21 Å². The van der Waals surface area contributed by atoms with Crippen LogP contribution in [0.4, 0.5) is 5.69 Å². The van der Waals surface area contributed by atoms with Gasteiger partial charge in [-0.25, -0.2) is 0 Å². The number of hydrogen-bond acceptors (Lipinski definition) is 4. The van der Waals surface area contributed by atoms with Gasteiger partial charge in [-0.15, -0.1) is 11.3 Å². The molecule has 0 aliphatic heterocycles. The molecule has 3 nitrogen and oxygen atoms in total. The van der Waals surface area contributed by atoms with Crippen LogP contribution < -0.4 is 5.23 Å². The van der Waals surface area contributed by atoms with Crippen LogP contribution in [0.25, 0.3) is 10.4 Å². The highest BCUT2D eigenvalue weighted by Gasteiger charge is 2.06. The normalized spacial score (nSPS) is 10.3. The van der Waals surface area contributed by atoms with E-state index in [1.165, 1.54) is 11.3 Å². The molecule has 1 aromatic carbocycles. The third-order valence-electron chi connectivity index (χ3n) is 2.15. The lowest BCUT2D eigenvalue weighted by Crippen LogP contribution is -2.08. The van der Waals surface area contributed by atoms with Crippen molar-refractivity contribution in [2.45, 2.75) is 6.92 Å². The molecule has 15 heavy (non-hydrogen) atoms. The van der Waals surface area contributed by atoms with E-state index in [1.807, 2.05) is 36.6 Å². The highest BCUT2D eigenvalue weighted by Crippen LogP contribution is 2.33. The predicted octanol–water partition coefficient (Wildman–Crippen LogP) is 3.42. The lowest BCUT2D eigenvalue weighted by molar-refractivity contribution is 0.297. The average Bonchev–Trinajstić information content (AvgIpc) is 2.70. The van der Waals surface area contributed by atoms with Gasteiger partial charge in [0, 0.05) is 10.4 Å². The maximum atomic E-state index is 11.0. The van der Waals surface area contributed by atoms with Crippen molar-refractivity contribution >= 4 is 17.0 Å². The molecule has 0 aliphatic carbocycles. The fourth-order valence-corrected chi connectivity index (χ4v) is 2.20. The Bertz CT molecular complexity index is 452. The Morgan fingerprint density at radius 1 is 1.33 bits per heavy atom. The second kappa shape index (κ2) is 4.02. The van der Waals surface area contributed by atoms with Gasteiger partial charge >= 0.3 is 0 Å². The first kappa shape index (κ1) is 10.2. The number of rotatable bonds is 2. The van der Waals surface area contributed by atoms with Gasteiger partial charge in [-0.2, -0.15) is 0 Å². The summed E-state index contributed by atoms with van der Waals surface area (Å²) in [5, 5.41) is 21.9. The van der Waals surface area contributed by atoms with Crippen LogP contribution >= 0.6 is 11.3 Å². The zero-order valence-electron chi connectivity index (χ0n) is 8.18. The molecule has 0 spiro atoms. The van der Waals surface area contributed by atoms with Crippen molar-refractivity contribution < 1.29 is 5.21 Å². The fourth-order valence-electron chi connectivity index (χ4n) is 1.44. The second-order valence-corrected chi connectivity index (χ2v) is 4.22. The maximum absolute atomic E-state index is 11.0. The third-order valence-corrected chi connectivity index (χ3v) is 3.05. The lowest BCUT2D eigenvalue weighted by Gasteiger charge is -2.24. The zero-order chi connectivity index (χ0) is 10.8. The minimum atomic E-state index is -0.0813. The van der Waals surface area contributed by atoms with E-state index in [1.54, 1.807) is 6.07 Å². The van der Waals surface area contributed by atoms with Crippen molar-refractivity contribution in [3.63, 3.8) is 0 Å². The number of thiophene rings is 1. The van der Waals surface area contributed by atoms with Crippen LogP contribution in [0, 0.1) is 12.1 Å². The van der Waals surface area contributed by atoms with Crippen LogP contribution in [0.1, 0.15) is 5.56 Å². The molecule has 0 atom stereocenters. The van der Waals surface area contributed by atoms with E-state index in [4.69, 9.17) is 5.21 Å². The number of anilines is 1. The van der Waals surface area contributed by atoms with Crippen LogP contribution in [0.5, 0.6) is 0 Å². The molecule has 2 aromatic rings. The Labute approximate surface area is 91.8 Å². The summed E-state index contributed by atoms with van der Waals surface area (Å²) in [7, 11) is 0. The summed E-state index contributed by atoms with van der Waals surface area (Å²) in [6.07, 6.45) is 0. The van der Waals surface area contributed by atoms with Gasteiger partial charge in [0.2, 0.25) is 0 Å². The highest BCUT2D eigenvalue weighted by molar-refractivity contribution is 7.13. The number of benzene rings is 1. The van der Waals surface area contributed by atoms with Crippen LogP contribution in [0.2, 0.25) is 0 Å². The van der Waals surface area contributed by atoms with Gasteiger partial charge in [0.25, 0.3) is 0 Å². The molecule has 0 fully saturated rings. The van der Waals surface area contributed by atoms with Crippen molar-refractivity contribution in [3.8, 4) is 10.4 Å². The smallest absolute Gasteiger partial charge is 0.0597 e. The summed E-state index contributed by atoms with van der Waals surface area (Å²) >= 11 is 1.54. The first-order valence-electron chi connectivity index (χ1n) is 4.49. The summed E-state index contributed by atoms with van der Waals surface area (Å²) in [5.41, 5.74) is 1.99. The van der Waals surface area contributed by atoms with Gasteiger partial charge in [-0.05, 0) is 30.0 Å². The first-order valence-corrected chi connectivity index (χ1v) is 5.37. The molecule has 2 rings (SSSR count). The quantitative estimate of drug-likeness (QED) is 0.789. The number of hydrogen-bond donors (Lipinski definition) is 1.